The number of nitrogens with zero attached hydrogens (tertiary/aromatic N) is 2. The van der Waals surface area contributed by atoms with E-state index in [0.717, 1.165) is 24.0 Å². The van der Waals surface area contributed by atoms with Gasteiger partial charge in [-0.3, -0.25) is 0 Å². The van der Waals surface area contributed by atoms with Crippen molar-refractivity contribution in [3.63, 3.8) is 0 Å². The highest BCUT2D eigenvalue weighted by Gasteiger charge is 2.50. The van der Waals surface area contributed by atoms with Gasteiger partial charge in [-0.25, -0.2) is 0 Å². The van der Waals surface area contributed by atoms with Gasteiger partial charge in [0.1, 0.15) is 0 Å². The molecule has 0 aliphatic heterocycles. The van der Waals surface area contributed by atoms with Gasteiger partial charge in [0.05, 0.1) is 21.2 Å². The average molecular weight is 545 g/mol. The van der Waals surface area contributed by atoms with Gasteiger partial charge in [0.25, 0.3) is 20.0 Å². The van der Waals surface area contributed by atoms with Crippen molar-refractivity contribution in [2.75, 3.05) is 0 Å². The van der Waals surface area contributed by atoms with Crippen LogP contribution in [0.15, 0.2) is 104 Å². The van der Waals surface area contributed by atoms with Crippen LogP contribution in [-0.2, 0) is 20.0 Å². The van der Waals surface area contributed by atoms with Gasteiger partial charge in [-0.2, -0.15) is 25.6 Å². The van der Waals surface area contributed by atoms with Gasteiger partial charge >= 0.3 is 0 Å². The molecule has 7 rings (SSSR count). The van der Waals surface area contributed by atoms with Crippen LogP contribution in [0.3, 0.4) is 0 Å². The zero-order valence-electron chi connectivity index (χ0n) is 21.2. The van der Waals surface area contributed by atoms with E-state index in [2.05, 4.69) is 20.9 Å². The molecular formula is C30H28N2O4S2. The van der Waals surface area contributed by atoms with Crippen molar-refractivity contribution in [3.05, 3.63) is 107 Å². The number of benzene rings is 3. The van der Waals surface area contributed by atoms with E-state index in [4.69, 9.17) is 0 Å². The number of allylic oxidation sites excluding steroid dienone is 2. The van der Waals surface area contributed by atoms with Gasteiger partial charge in [-0.05, 0) is 62.8 Å². The maximum Gasteiger partial charge on any atom is 0.282 e. The molecule has 6 nitrogen and oxygen atoms in total. The van der Waals surface area contributed by atoms with Crippen molar-refractivity contribution in [1.82, 2.24) is 0 Å². The smallest absolute Gasteiger partial charge is 0.199 e. The third kappa shape index (κ3) is 4.25. The van der Waals surface area contributed by atoms with Gasteiger partial charge in [0.2, 0.25) is 0 Å². The van der Waals surface area contributed by atoms with Crippen LogP contribution >= 0.6 is 0 Å². The largest absolute Gasteiger partial charge is 0.282 e. The van der Waals surface area contributed by atoms with E-state index in [9.17, 15) is 16.8 Å². The summed E-state index contributed by atoms with van der Waals surface area (Å²) in [6.45, 7) is 3.81. The first-order valence-corrected chi connectivity index (χ1v) is 15.6. The molecule has 38 heavy (non-hydrogen) atoms. The second-order valence-electron chi connectivity index (χ2n) is 10.4. The second-order valence-corrected chi connectivity index (χ2v) is 13.6. The fraction of sp³-hybridized carbons (Fsp3) is 0.267. The van der Waals surface area contributed by atoms with E-state index in [1.54, 1.807) is 48.5 Å². The van der Waals surface area contributed by atoms with Crippen LogP contribution in [0.2, 0.25) is 0 Å². The molecule has 0 aromatic heterocycles. The topological polar surface area (TPSA) is 93.0 Å². The van der Waals surface area contributed by atoms with Gasteiger partial charge in [-0.15, -0.1) is 0 Å². The summed E-state index contributed by atoms with van der Waals surface area (Å²) in [5, 5.41) is 0. The predicted molar refractivity (Wildman–Crippen MR) is 149 cm³/mol. The van der Waals surface area contributed by atoms with E-state index < -0.39 is 20.0 Å². The first kappa shape index (κ1) is 24.9. The van der Waals surface area contributed by atoms with E-state index in [0.29, 0.717) is 22.6 Å². The molecule has 3 aromatic carbocycles. The first-order chi connectivity index (χ1) is 18.1. The highest BCUT2D eigenvalue weighted by molar-refractivity contribution is 7.90. The Morgan fingerprint density at radius 2 is 0.947 bits per heavy atom. The summed E-state index contributed by atoms with van der Waals surface area (Å²) in [4.78, 5) is 0.283. The zero-order valence-corrected chi connectivity index (χ0v) is 22.8. The second kappa shape index (κ2) is 9.13. The minimum absolute atomic E-state index is 0.0533. The van der Waals surface area contributed by atoms with E-state index >= 15 is 0 Å². The number of aryl methyl sites for hydroxylation is 2. The van der Waals surface area contributed by atoms with Gasteiger partial charge in [0.15, 0.2) is 0 Å². The molecule has 0 radical (unpaired) electrons. The normalized spacial score (nSPS) is 26.4. The van der Waals surface area contributed by atoms with Crippen LogP contribution in [0.1, 0.15) is 35.1 Å². The fourth-order valence-electron chi connectivity index (χ4n) is 6.03. The Hall–Kier alpha value is -3.36. The van der Waals surface area contributed by atoms with E-state index in [1.807, 2.05) is 38.1 Å². The highest BCUT2D eigenvalue weighted by atomic mass is 32.2. The van der Waals surface area contributed by atoms with Crippen LogP contribution < -0.4 is 0 Å². The molecule has 4 atom stereocenters. The molecule has 8 heteroatoms. The van der Waals surface area contributed by atoms with E-state index in [1.165, 1.54) is 0 Å². The standard InChI is InChI=1S/C30H28N2O4S2/c1-19-7-15-23(16-8-19)37(33,34)31-29-25-5-3-4-6-26(25)30(28-22-13-11-21(12-14-22)27(28)29)32-38(35,36)24-17-9-20(2)10-18-24/h3-11,13,15-18,21-22,27-28H,12,14H2,1-2H3. The fourth-order valence-corrected chi connectivity index (χ4v) is 8.16. The van der Waals surface area contributed by atoms with Crippen LogP contribution in [-0.4, -0.2) is 28.3 Å². The zero-order chi connectivity index (χ0) is 26.7. The van der Waals surface area contributed by atoms with Crippen molar-refractivity contribution in [2.45, 2.75) is 36.5 Å². The predicted octanol–water partition coefficient (Wildman–Crippen LogP) is 5.50. The number of rotatable bonds is 4. The van der Waals surface area contributed by atoms with Gasteiger partial charge in [-0.1, -0.05) is 71.8 Å². The summed E-state index contributed by atoms with van der Waals surface area (Å²) in [6, 6.07) is 20.7. The maximum absolute atomic E-state index is 13.5. The molecule has 4 unspecified atom stereocenters. The van der Waals surface area contributed by atoms with Crippen molar-refractivity contribution in [1.29, 1.82) is 0 Å². The molecule has 1 fully saturated rings. The molecule has 3 aromatic rings. The third-order valence-corrected chi connectivity index (χ3v) is 10.5. The first-order valence-electron chi connectivity index (χ1n) is 12.8. The molecule has 0 N–H and O–H groups in total. The molecule has 0 spiro atoms. The number of fused-ring (bicyclic) bond motifs is 2. The van der Waals surface area contributed by atoms with Crippen LogP contribution in [0.5, 0.6) is 0 Å². The number of sulfonamides is 2. The summed E-state index contributed by atoms with van der Waals surface area (Å²) < 4.78 is 62.9. The van der Waals surface area contributed by atoms with Crippen LogP contribution in [0, 0.1) is 37.5 Å². The lowest BCUT2D eigenvalue weighted by atomic mass is 9.55. The summed E-state index contributed by atoms with van der Waals surface area (Å²) >= 11 is 0. The van der Waals surface area contributed by atoms with Crippen molar-refractivity contribution in [2.24, 2.45) is 32.5 Å². The number of hydrogen-bond donors (Lipinski definition) is 0. The Morgan fingerprint density at radius 3 is 1.29 bits per heavy atom. The molecule has 4 aliphatic rings. The lowest BCUT2D eigenvalue weighted by Crippen LogP contribution is -2.49. The molecule has 194 valence electrons. The van der Waals surface area contributed by atoms with Crippen molar-refractivity contribution in [3.8, 4) is 0 Å². The number of hydrogen-bond acceptors (Lipinski definition) is 4. The molecular weight excluding hydrogens is 516 g/mol. The van der Waals surface area contributed by atoms with E-state index in [-0.39, 0.29) is 33.5 Å². The van der Waals surface area contributed by atoms with Crippen molar-refractivity contribution < 1.29 is 16.8 Å². The molecule has 0 heterocycles. The maximum atomic E-state index is 13.5. The summed E-state index contributed by atoms with van der Waals surface area (Å²) in [7, 11) is -7.96. The minimum atomic E-state index is -3.98. The average Bonchev–Trinajstić information content (AvgIpc) is 2.91. The Balaban J connectivity index is 1.57. The molecule has 0 amide bonds. The Labute approximate surface area is 224 Å². The Bertz CT molecular complexity index is 1590. The van der Waals surface area contributed by atoms with Crippen LogP contribution in [0.25, 0.3) is 0 Å². The summed E-state index contributed by atoms with van der Waals surface area (Å²) in [5.41, 5.74) is 4.18. The minimum Gasteiger partial charge on any atom is -0.199 e. The molecule has 1 saturated carbocycles. The van der Waals surface area contributed by atoms with Crippen molar-refractivity contribution >= 4 is 31.5 Å². The highest BCUT2D eigenvalue weighted by Crippen LogP contribution is 2.51. The molecule has 0 saturated heterocycles. The van der Waals surface area contributed by atoms with Gasteiger partial charge < -0.3 is 0 Å². The molecule has 2 bridgehead atoms. The molecule has 4 aliphatic carbocycles. The lowest BCUT2D eigenvalue weighted by molar-refractivity contribution is 0.226. The Kier molecular flexibility index (Phi) is 6.00. The lowest BCUT2D eigenvalue weighted by Gasteiger charge is -2.48. The van der Waals surface area contributed by atoms with Gasteiger partial charge in [0, 0.05) is 23.0 Å². The summed E-state index contributed by atoms with van der Waals surface area (Å²) in [5.74, 6) is -0.447. The quantitative estimate of drug-likeness (QED) is 0.405. The van der Waals surface area contributed by atoms with Crippen LogP contribution in [0.4, 0.5) is 0 Å². The third-order valence-electron chi connectivity index (χ3n) is 7.93. The monoisotopic (exact) mass is 544 g/mol. The summed E-state index contributed by atoms with van der Waals surface area (Å²) in [6.07, 6.45) is 6.07. The Morgan fingerprint density at radius 1 is 0.579 bits per heavy atom. The SMILES string of the molecule is Cc1ccc(S(=O)(=O)N=C2c3ccccc3C(=NS(=O)(=O)c3ccc(C)cc3)C3C4C=CC(CC4)C23)cc1.